The third kappa shape index (κ3) is 5.29. The van der Waals surface area contributed by atoms with Gasteiger partial charge in [0, 0.05) is 31.9 Å². The number of H-pyrrole nitrogens is 1. The van der Waals surface area contributed by atoms with Crippen molar-refractivity contribution in [2.24, 2.45) is 0 Å². The second kappa shape index (κ2) is 9.47. The molecule has 150 valence electrons. The normalized spacial score (nSPS) is 14.1. The van der Waals surface area contributed by atoms with Crippen LogP contribution in [-0.2, 0) is 11.4 Å². The number of nitrogens with zero attached hydrogens (tertiary/aromatic N) is 4. The molecular weight excluding hydrogens is 386 g/mol. The molecule has 0 saturated carbocycles. The van der Waals surface area contributed by atoms with Crippen LogP contribution in [0, 0.1) is 0 Å². The lowest BCUT2D eigenvalue weighted by molar-refractivity contribution is -0.128. The fourth-order valence-electron chi connectivity index (χ4n) is 3.15. The molecule has 0 atom stereocenters. The molecule has 1 aliphatic heterocycles. The first-order valence-electron chi connectivity index (χ1n) is 9.57. The van der Waals surface area contributed by atoms with Crippen LogP contribution in [0.25, 0.3) is 0 Å². The summed E-state index contributed by atoms with van der Waals surface area (Å²) < 4.78 is 5.65. The van der Waals surface area contributed by atoms with E-state index in [0.29, 0.717) is 23.3 Å². The molecule has 0 radical (unpaired) electrons. The van der Waals surface area contributed by atoms with Crippen LogP contribution in [0.1, 0.15) is 5.82 Å². The van der Waals surface area contributed by atoms with Crippen molar-refractivity contribution in [2.45, 2.75) is 11.8 Å². The number of amides is 1. The molecule has 2 heterocycles. The number of carbonyl (C=O) groups excluding carboxylic acids is 1. The molecule has 0 bridgehead atoms. The van der Waals surface area contributed by atoms with Gasteiger partial charge in [-0.25, -0.2) is 4.98 Å². The average Bonchev–Trinajstić information content (AvgIpc) is 3.25. The minimum Gasteiger partial charge on any atom is -0.486 e. The van der Waals surface area contributed by atoms with Gasteiger partial charge in [0.05, 0.1) is 5.75 Å². The Morgan fingerprint density at radius 3 is 2.41 bits per heavy atom. The van der Waals surface area contributed by atoms with Gasteiger partial charge in [-0.05, 0) is 24.3 Å². The van der Waals surface area contributed by atoms with Gasteiger partial charge < -0.3 is 14.5 Å². The van der Waals surface area contributed by atoms with Gasteiger partial charge in [0.1, 0.15) is 12.4 Å². The van der Waals surface area contributed by atoms with Crippen LogP contribution >= 0.6 is 11.8 Å². The number of benzene rings is 2. The third-order valence-electron chi connectivity index (χ3n) is 4.71. The lowest BCUT2D eigenvalue weighted by Crippen LogP contribution is -2.49. The van der Waals surface area contributed by atoms with Gasteiger partial charge in [-0.15, -0.1) is 5.10 Å². The largest absolute Gasteiger partial charge is 0.486 e. The molecular formula is C21H23N5O2S. The molecule has 0 spiro atoms. The zero-order valence-electron chi connectivity index (χ0n) is 16.0. The number of nitrogens with one attached hydrogen (secondary N) is 1. The van der Waals surface area contributed by atoms with E-state index in [1.165, 1.54) is 17.4 Å². The second-order valence-electron chi connectivity index (χ2n) is 6.66. The number of aromatic nitrogens is 3. The molecule has 8 heteroatoms. The van der Waals surface area contributed by atoms with Crippen molar-refractivity contribution >= 4 is 23.4 Å². The van der Waals surface area contributed by atoms with Crippen molar-refractivity contribution in [2.75, 3.05) is 36.8 Å². The SMILES string of the molecule is O=C(CSc1n[nH]c(COc2ccccc2)n1)N1CCN(c2ccccc2)CC1. The van der Waals surface area contributed by atoms with Crippen LogP contribution in [0.2, 0.25) is 0 Å². The van der Waals surface area contributed by atoms with Crippen molar-refractivity contribution in [3.63, 3.8) is 0 Å². The van der Waals surface area contributed by atoms with Crippen molar-refractivity contribution < 1.29 is 9.53 Å². The minimum atomic E-state index is 0.120. The molecule has 1 saturated heterocycles. The molecule has 2 aromatic carbocycles. The van der Waals surface area contributed by atoms with Gasteiger partial charge in [-0.3, -0.25) is 9.89 Å². The molecule has 1 aromatic heterocycles. The van der Waals surface area contributed by atoms with Gasteiger partial charge >= 0.3 is 0 Å². The smallest absolute Gasteiger partial charge is 0.233 e. The van der Waals surface area contributed by atoms with E-state index >= 15 is 0 Å². The molecule has 1 aliphatic rings. The van der Waals surface area contributed by atoms with E-state index in [4.69, 9.17) is 4.74 Å². The molecule has 0 aliphatic carbocycles. The Labute approximate surface area is 174 Å². The quantitative estimate of drug-likeness (QED) is 0.605. The fraction of sp³-hybridized carbons (Fsp3) is 0.286. The molecule has 1 fully saturated rings. The van der Waals surface area contributed by atoms with Crippen LogP contribution in [0.3, 0.4) is 0 Å². The van der Waals surface area contributed by atoms with Crippen LogP contribution in [0.15, 0.2) is 65.8 Å². The first kappa shape index (κ1) is 19.3. The minimum absolute atomic E-state index is 0.120. The van der Waals surface area contributed by atoms with E-state index in [9.17, 15) is 4.79 Å². The fourth-order valence-corrected chi connectivity index (χ4v) is 3.87. The highest BCUT2D eigenvalue weighted by molar-refractivity contribution is 7.99. The van der Waals surface area contributed by atoms with Crippen molar-refractivity contribution in [1.29, 1.82) is 0 Å². The van der Waals surface area contributed by atoms with Gasteiger partial charge in [0.2, 0.25) is 11.1 Å². The number of anilines is 1. The van der Waals surface area contributed by atoms with Crippen molar-refractivity contribution in [3.05, 3.63) is 66.5 Å². The first-order chi connectivity index (χ1) is 14.3. The van der Waals surface area contributed by atoms with Crippen LogP contribution < -0.4 is 9.64 Å². The zero-order valence-corrected chi connectivity index (χ0v) is 16.8. The zero-order chi connectivity index (χ0) is 19.9. The summed E-state index contributed by atoms with van der Waals surface area (Å²) in [5.41, 5.74) is 1.21. The van der Waals surface area contributed by atoms with E-state index in [1.54, 1.807) is 0 Å². The second-order valence-corrected chi connectivity index (χ2v) is 7.60. The van der Waals surface area contributed by atoms with Gasteiger partial charge in [-0.2, -0.15) is 0 Å². The molecule has 0 unspecified atom stereocenters. The molecule has 1 N–H and O–H groups in total. The lowest BCUT2D eigenvalue weighted by atomic mass is 10.2. The Morgan fingerprint density at radius 1 is 1.00 bits per heavy atom. The summed E-state index contributed by atoms with van der Waals surface area (Å²) in [6.07, 6.45) is 0. The topological polar surface area (TPSA) is 74.3 Å². The number of hydrogen-bond acceptors (Lipinski definition) is 6. The summed E-state index contributed by atoms with van der Waals surface area (Å²) in [4.78, 5) is 21.1. The van der Waals surface area contributed by atoms with Crippen molar-refractivity contribution in [3.8, 4) is 5.75 Å². The Hall–Kier alpha value is -3.00. The van der Waals surface area contributed by atoms with Gasteiger partial charge in [0.15, 0.2) is 5.82 Å². The number of piperazine rings is 1. The van der Waals surface area contributed by atoms with Gasteiger partial charge in [0.25, 0.3) is 0 Å². The average molecular weight is 410 g/mol. The molecule has 4 rings (SSSR count). The maximum Gasteiger partial charge on any atom is 0.233 e. The monoisotopic (exact) mass is 409 g/mol. The number of carbonyl (C=O) groups is 1. The summed E-state index contributed by atoms with van der Waals surface area (Å²) >= 11 is 1.35. The molecule has 7 nitrogen and oxygen atoms in total. The molecule has 29 heavy (non-hydrogen) atoms. The summed E-state index contributed by atoms with van der Waals surface area (Å²) in [5.74, 6) is 1.88. The Morgan fingerprint density at radius 2 is 1.69 bits per heavy atom. The summed E-state index contributed by atoms with van der Waals surface area (Å²) in [7, 11) is 0. The first-order valence-corrected chi connectivity index (χ1v) is 10.6. The number of aromatic amines is 1. The number of para-hydroxylation sites is 2. The highest BCUT2D eigenvalue weighted by Crippen LogP contribution is 2.18. The van der Waals surface area contributed by atoms with E-state index < -0.39 is 0 Å². The van der Waals surface area contributed by atoms with Crippen LogP contribution in [0.4, 0.5) is 5.69 Å². The summed E-state index contributed by atoms with van der Waals surface area (Å²) in [6, 6.07) is 19.9. The number of ether oxygens (including phenoxy) is 1. The lowest BCUT2D eigenvalue weighted by Gasteiger charge is -2.36. The maximum atomic E-state index is 12.5. The number of hydrogen-bond donors (Lipinski definition) is 1. The van der Waals surface area contributed by atoms with E-state index in [0.717, 1.165) is 31.9 Å². The predicted octanol–water partition coefficient (Wildman–Crippen LogP) is 2.82. The van der Waals surface area contributed by atoms with Crippen molar-refractivity contribution in [1.82, 2.24) is 20.1 Å². The maximum absolute atomic E-state index is 12.5. The highest BCUT2D eigenvalue weighted by Gasteiger charge is 2.21. The van der Waals surface area contributed by atoms with Crippen LogP contribution in [-0.4, -0.2) is 57.9 Å². The highest BCUT2D eigenvalue weighted by atomic mass is 32.2. The predicted molar refractivity (Wildman–Crippen MR) is 113 cm³/mol. The summed E-state index contributed by atoms with van der Waals surface area (Å²) in [6.45, 7) is 3.48. The summed E-state index contributed by atoms with van der Waals surface area (Å²) in [5, 5.41) is 7.59. The standard InChI is InChI=1S/C21H23N5O2S/c27-20(26-13-11-25(12-14-26)17-7-3-1-4-8-17)16-29-21-22-19(23-24-21)15-28-18-9-5-2-6-10-18/h1-10H,11-16H2,(H,22,23,24). The van der Waals surface area contributed by atoms with E-state index in [-0.39, 0.29) is 5.91 Å². The molecule has 3 aromatic rings. The van der Waals surface area contributed by atoms with E-state index in [1.807, 2.05) is 53.4 Å². The van der Waals surface area contributed by atoms with Crippen LogP contribution in [0.5, 0.6) is 5.75 Å². The number of thioether (sulfide) groups is 1. The Kier molecular flexibility index (Phi) is 6.31. The number of rotatable bonds is 7. The molecule has 1 amide bonds. The van der Waals surface area contributed by atoms with Gasteiger partial charge in [-0.1, -0.05) is 48.2 Å². The Bertz CT molecular complexity index is 911. The Balaban J connectivity index is 1.21. The van der Waals surface area contributed by atoms with E-state index in [2.05, 4.69) is 32.2 Å². The third-order valence-corrected chi connectivity index (χ3v) is 5.54.